The second-order valence-electron chi connectivity index (χ2n) is 4.27. The molecule has 1 aromatic rings. The van der Waals surface area contributed by atoms with Crippen molar-refractivity contribution in [2.75, 3.05) is 13.7 Å². The average Bonchev–Trinajstić information content (AvgIpc) is 2.31. The van der Waals surface area contributed by atoms with E-state index in [0.29, 0.717) is 12.2 Å². The first-order chi connectivity index (χ1) is 8.45. The quantitative estimate of drug-likeness (QED) is 0.849. The molecule has 1 atom stereocenters. The predicted molar refractivity (Wildman–Crippen MR) is 72.2 cm³/mol. The molecule has 1 aromatic heterocycles. The second kappa shape index (κ2) is 6.92. The fourth-order valence-corrected chi connectivity index (χ4v) is 1.76. The van der Waals surface area contributed by atoms with Gasteiger partial charge in [-0.25, -0.2) is 4.98 Å². The molecule has 0 saturated carbocycles. The lowest BCUT2D eigenvalue weighted by molar-refractivity contribution is 0.0866. The van der Waals surface area contributed by atoms with Crippen molar-refractivity contribution in [3.63, 3.8) is 0 Å². The molecule has 1 rings (SSSR count). The molecule has 0 spiro atoms. The number of hydrogen-bond donors (Lipinski definition) is 1. The predicted octanol–water partition coefficient (Wildman–Crippen LogP) is 2.79. The van der Waals surface area contributed by atoms with E-state index in [1.165, 1.54) is 12.3 Å². The van der Waals surface area contributed by atoms with Gasteiger partial charge in [0.2, 0.25) is 0 Å². The van der Waals surface area contributed by atoms with Gasteiger partial charge >= 0.3 is 0 Å². The van der Waals surface area contributed by atoms with Gasteiger partial charge in [-0.15, -0.1) is 0 Å². The van der Waals surface area contributed by atoms with Gasteiger partial charge in [0.05, 0.1) is 23.2 Å². The van der Waals surface area contributed by atoms with Crippen LogP contribution in [0.2, 0.25) is 10.2 Å². The zero-order valence-corrected chi connectivity index (χ0v) is 12.0. The number of hydrogen-bond acceptors (Lipinski definition) is 3. The van der Waals surface area contributed by atoms with Gasteiger partial charge < -0.3 is 10.1 Å². The number of nitrogens with one attached hydrogen (secondary N) is 1. The second-order valence-corrected chi connectivity index (χ2v) is 5.06. The van der Waals surface area contributed by atoms with E-state index in [-0.39, 0.29) is 28.0 Å². The first kappa shape index (κ1) is 15.2. The molecule has 1 unspecified atom stereocenters. The smallest absolute Gasteiger partial charge is 0.253 e. The van der Waals surface area contributed by atoms with Crippen LogP contribution in [-0.4, -0.2) is 30.6 Å². The zero-order valence-electron chi connectivity index (χ0n) is 10.5. The number of carbonyl (C=O) groups excluding carboxylic acids is 1. The van der Waals surface area contributed by atoms with E-state index < -0.39 is 0 Å². The molecular weight excluding hydrogens is 275 g/mol. The van der Waals surface area contributed by atoms with E-state index in [4.69, 9.17) is 27.9 Å². The molecule has 1 N–H and O–H groups in total. The summed E-state index contributed by atoms with van der Waals surface area (Å²) in [5, 5.41) is 3.38. The number of amides is 1. The number of carbonyl (C=O) groups is 1. The number of ether oxygens (including phenoxy) is 1. The van der Waals surface area contributed by atoms with Crippen LogP contribution in [-0.2, 0) is 4.74 Å². The normalized spacial score (nSPS) is 12.6. The Morgan fingerprint density at radius 1 is 1.50 bits per heavy atom. The number of methoxy groups -OCH3 is 1. The Morgan fingerprint density at radius 2 is 2.17 bits per heavy atom. The Morgan fingerprint density at radius 3 is 2.72 bits per heavy atom. The minimum absolute atomic E-state index is 0.0782. The molecular formula is C12H16Cl2N2O2. The van der Waals surface area contributed by atoms with Gasteiger partial charge in [-0.2, -0.15) is 0 Å². The van der Waals surface area contributed by atoms with E-state index >= 15 is 0 Å². The van der Waals surface area contributed by atoms with E-state index in [1.54, 1.807) is 7.11 Å². The van der Waals surface area contributed by atoms with E-state index in [9.17, 15) is 4.79 Å². The highest BCUT2D eigenvalue weighted by molar-refractivity contribution is 6.35. The molecule has 1 heterocycles. The summed E-state index contributed by atoms with van der Waals surface area (Å²) in [6, 6.07) is 1.37. The molecule has 0 aromatic carbocycles. The summed E-state index contributed by atoms with van der Waals surface area (Å²) < 4.78 is 5.07. The Bertz CT molecular complexity index is 425. The van der Waals surface area contributed by atoms with E-state index in [2.05, 4.69) is 10.3 Å². The Labute approximate surface area is 117 Å². The third-order valence-corrected chi connectivity index (χ3v) is 3.04. The lowest BCUT2D eigenvalue weighted by Gasteiger charge is -2.21. The van der Waals surface area contributed by atoms with Crippen molar-refractivity contribution in [3.05, 3.63) is 28.0 Å². The van der Waals surface area contributed by atoms with Crippen LogP contribution in [0.3, 0.4) is 0 Å². The molecule has 0 bridgehead atoms. The van der Waals surface area contributed by atoms with Crippen LogP contribution in [0.5, 0.6) is 0 Å². The van der Waals surface area contributed by atoms with Crippen LogP contribution >= 0.6 is 23.2 Å². The first-order valence-electron chi connectivity index (χ1n) is 5.56. The summed E-state index contributed by atoms with van der Waals surface area (Å²) in [7, 11) is 1.60. The number of pyridine rings is 1. The lowest BCUT2D eigenvalue weighted by atomic mass is 10.0. The van der Waals surface area contributed by atoms with Crippen molar-refractivity contribution in [2.45, 2.75) is 19.9 Å². The maximum absolute atomic E-state index is 12.1. The lowest BCUT2D eigenvalue weighted by Crippen LogP contribution is -2.41. The molecule has 0 aliphatic heterocycles. The highest BCUT2D eigenvalue weighted by Gasteiger charge is 2.19. The van der Waals surface area contributed by atoms with Gasteiger partial charge in [-0.1, -0.05) is 37.0 Å². The van der Waals surface area contributed by atoms with Crippen molar-refractivity contribution in [1.82, 2.24) is 10.3 Å². The third kappa shape index (κ3) is 4.12. The number of halogens is 2. The van der Waals surface area contributed by atoms with Crippen molar-refractivity contribution in [3.8, 4) is 0 Å². The third-order valence-electron chi connectivity index (χ3n) is 2.53. The molecule has 0 fully saturated rings. The molecule has 0 aliphatic carbocycles. The molecule has 6 heteroatoms. The van der Waals surface area contributed by atoms with Gasteiger partial charge in [0, 0.05) is 13.3 Å². The minimum Gasteiger partial charge on any atom is -0.383 e. The summed E-state index contributed by atoms with van der Waals surface area (Å²) in [6.45, 7) is 4.45. The van der Waals surface area contributed by atoms with Gasteiger partial charge in [0.25, 0.3) is 5.91 Å². The van der Waals surface area contributed by atoms with Crippen molar-refractivity contribution in [1.29, 1.82) is 0 Å². The molecule has 0 radical (unpaired) electrons. The minimum atomic E-state index is -0.278. The van der Waals surface area contributed by atoms with Crippen LogP contribution in [0.1, 0.15) is 24.2 Å². The van der Waals surface area contributed by atoms with Crippen molar-refractivity contribution in [2.24, 2.45) is 5.92 Å². The maximum Gasteiger partial charge on any atom is 0.253 e. The number of nitrogens with zero attached hydrogens (tertiary/aromatic N) is 1. The van der Waals surface area contributed by atoms with E-state index in [1.807, 2.05) is 13.8 Å². The van der Waals surface area contributed by atoms with Crippen LogP contribution in [0.4, 0.5) is 0 Å². The van der Waals surface area contributed by atoms with Gasteiger partial charge in [0.1, 0.15) is 5.15 Å². The highest BCUT2D eigenvalue weighted by Crippen LogP contribution is 2.18. The summed E-state index contributed by atoms with van der Waals surface area (Å²) in [5.41, 5.74) is 0.318. The summed E-state index contributed by atoms with van der Waals surface area (Å²) in [5.74, 6) is -0.0231. The molecule has 1 amide bonds. The van der Waals surface area contributed by atoms with E-state index in [0.717, 1.165) is 0 Å². The standard InChI is InChI=1S/C12H16Cl2N2O2/c1-7(2)10(6-18-3)16-12(17)8-4-11(14)15-5-9(8)13/h4-5,7,10H,6H2,1-3H3,(H,16,17). The van der Waals surface area contributed by atoms with Gasteiger partial charge in [-0.05, 0) is 12.0 Å². The highest BCUT2D eigenvalue weighted by atomic mass is 35.5. The fraction of sp³-hybridized carbons (Fsp3) is 0.500. The summed E-state index contributed by atoms with van der Waals surface area (Å²) in [6.07, 6.45) is 1.36. The maximum atomic E-state index is 12.1. The average molecular weight is 291 g/mol. The first-order valence-corrected chi connectivity index (χ1v) is 6.32. The molecule has 0 saturated heterocycles. The summed E-state index contributed by atoms with van der Waals surface area (Å²) >= 11 is 11.7. The molecule has 0 aliphatic rings. The van der Waals surface area contributed by atoms with Gasteiger partial charge in [-0.3, -0.25) is 4.79 Å². The summed E-state index contributed by atoms with van der Waals surface area (Å²) in [4.78, 5) is 15.9. The monoisotopic (exact) mass is 290 g/mol. The molecule has 18 heavy (non-hydrogen) atoms. The van der Waals surface area contributed by atoms with Crippen molar-refractivity contribution >= 4 is 29.1 Å². The molecule has 4 nitrogen and oxygen atoms in total. The van der Waals surface area contributed by atoms with Crippen molar-refractivity contribution < 1.29 is 9.53 Å². The van der Waals surface area contributed by atoms with Gasteiger partial charge in [0.15, 0.2) is 0 Å². The SMILES string of the molecule is COCC(NC(=O)c1cc(Cl)ncc1Cl)C(C)C. The fourth-order valence-electron chi connectivity index (χ4n) is 1.41. The van der Waals surface area contributed by atoms with Crippen LogP contribution in [0.15, 0.2) is 12.3 Å². The Kier molecular flexibility index (Phi) is 5.85. The Balaban J connectivity index is 2.83. The van der Waals surface area contributed by atoms with Crippen LogP contribution < -0.4 is 5.32 Å². The Hall–Kier alpha value is -0.840. The largest absolute Gasteiger partial charge is 0.383 e. The van der Waals surface area contributed by atoms with Crippen LogP contribution in [0.25, 0.3) is 0 Å². The number of rotatable bonds is 5. The zero-order chi connectivity index (χ0) is 13.7. The van der Waals surface area contributed by atoms with Crippen LogP contribution in [0, 0.1) is 5.92 Å². The molecule has 100 valence electrons. The number of aromatic nitrogens is 1. The topological polar surface area (TPSA) is 51.2 Å².